The third-order valence-corrected chi connectivity index (χ3v) is 7.87. The molecule has 0 aliphatic heterocycles. The minimum Gasteiger partial charge on any atom is -0.444 e. The maximum atomic E-state index is 13.6. The van der Waals surface area contributed by atoms with E-state index in [2.05, 4.69) is 20.7 Å². The number of hydrogen-bond acceptors (Lipinski definition) is 9. The van der Waals surface area contributed by atoms with Crippen LogP contribution >= 0.6 is 0 Å². The number of Topliss-reactive ketones (excluding diaryl/α,β-unsaturated/α-hetero) is 2. The summed E-state index contributed by atoms with van der Waals surface area (Å²) in [7, 11) is -3.76. The number of carbonyl (C=O) groups is 5. The predicted molar refractivity (Wildman–Crippen MR) is 178 cm³/mol. The van der Waals surface area contributed by atoms with E-state index in [1.165, 1.54) is 0 Å². The molecular formula is C32H53N5O9S. The molecule has 266 valence electrons. The maximum Gasteiger partial charge on any atom is 0.407 e. The van der Waals surface area contributed by atoms with Gasteiger partial charge in [-0.2, -0.15) is 0 Å². The Kier molecular flexibility index (Phi) is 17.6. The standard InChI is InChI=1S/C32H53N5O9S/c1-21(2)24(19-28(40)26(37-47(6,44)45)10-7-8-16-35-31(43)46-32(3,4)5)29(41)36-25(11-9-17-34-30(33)42)27(39)18-22-12-14-23(20-38)15-13-22/h12-15,21,24-26,37-38H,7-11,16-20H2,1-6H3,(H,35,43)(H,36,41)(H3,33,34,42)/t24-,25-,26-/m0/s1. The topological polar surface area (TPSA) is 223 Å². The number of benzene rings is 1. The van der Waals surface area contributed by atoms with Gasteiger partial charge in [0.2, 0.25) is 15.9 Å². The molecule has 0 saturated carbocycles. The molecule has 0 spiro atoms. The molecule has 0 unspecified atom stereocenters. The molecule has 47 heavy (non-hydrogen) atoms. The molecule has 0 radical (unpaired) electrons. The van der Waals surface area contributed by atoms with Crippen LogP contribution in [0.15, 0.2) is 24.3 Å². The average Bonchev–Trinajstić information content (AvgIpc) is 2.94. The van der Waals surface area contributed by atoms with Crippen LogP contribution in [-0.2, 0) is 42.2 Å². The Hall–Kier alpha value is -3.56. The normalized spacial score (nSPS) is 13.7. The summed E-state index contributed by atoms with van der Waals surface area (Å²) in [4.78, 5) is 63.3. The Balaban J connectivity index is 2.98. The molecular weight excluding hydrogens is 630 g/mol. The molecule has 7 N–H and O–H groups in total. The van der Waals surface area contributed by atoms with E-state index in [4.69, 9.17) is 10.5 Å². The molecule has 14 nitrogen and oxygen atoms in total. The maximum absolute atomic E-state index is 13.6. The van der Waals surface area contributed by atoms with Crippen LogP contribution in [0.4, 0.5) is 9.59 Å². The molecule has 0 saturated heterocycles. The van der Waals surface area contributed by atoms with Crippen molar-refractivity contribution in [3.8, 4) is 0 Å². The van der Waals surface area contributed by atoms with Crippen LogP contribution in [0.5, 0.6) is 0 Å². The number of hydrogen-bond donors (Lipinski definition) is 6. The largest absolute Gasteiger partial charge is 0.444 e. The zero-order valence-corrected chi connectivity index (χ0v) is 29.2. The van der Waals surface area contributed by atoms with E-state index in [0.29, 0.717) is 30.4 Å². The van der Waals surface area contributed by atoms with E-state index in [1.54, 1.807) is 58.9 Å². The lowest BCUT2D eigenvalue weighted by atomic mass is 9.86. The molecule has 1 rings (SSSR count). The van der Waals surface area contributed by atoms with Gasteiger partial charge in [0.1, 0.15) is 5.60 Å². The summed E-state index contributed by atoms with van der Waals surface area (Å²) in [6, 6.07) is 4.12. The lowest BCUT2D eigenvalue weighted by Gasteiger charge is -2.26. The number of alkyl carbamates (subject to hydrolysis) is 1. The smallest absolute Gasteiger partial charge is 0.407 e. The van der Waals surface area contributed by atoms with Crippen LogP contribution in [-0.4, -0.2) is 80.2 Å². The molecule has 0 heterocycles. The van der Waals surface area contributed by atoms with Gasteiger partial charge in [0.25, 0.3) is 0 Å². The van der Waals surface area contributed by atoms with Crippen molar-refractivity contribution in [1.29, 1.82) is 0 Å². The van der Waals surface area contributed by atoms with Crippen LogP contribution in [0.25, 0.3) is 0 Å². The van der Waals surface area contributed by atoms with E-state index >= 15 is 0 Å². The number of amides is 4. The molecule has 0 fully saturated rings. The number of ether oxygens (including phenoxy) is 1. The van der Waals surface area contributed by atoms with Crippen molar-refractivity contribution in [2.24, 2.45) is 17.6 Å². The molecule has 1 aromatic rings. The average molecular weight is 684 g/mol. The first-order chi connectivity index (χ1) is 21.8. The lowest BCUT2D eigenvalue weighted by molar-refractivity contribution is -0.134. The van der Waals surface area contributed by atoms with Crippen LogP contribution in [0.3, 0.4) is 0 Å². The highest BCUT2D eigenvalue weighted by molar-refractivity contribution is 7.88. The number of aliphatic hydroxyl groups is 1. The highest BCUT2D eigenvalue weighted by Crippen LogP contribution is 2.20. The zero-order valence-electron chi connectivity index (χ0n) is 28.4. The number of urea groups is 1. The zero-order chi connectivity index (χ0) is 35.8. The van der Waals surface area contributed by atoms with Crippen LogP contribution < -0.4 is 26.4 Å². The number of aliphatic hydroxyl groups excluding tert-OH is 1. The fourth-order valence-electron chi connectivity index (χ4n) is 4.71. The summed E-state index contributed by atoms with van der Waals surface area (Å²) in [6.07, 6.45) is 1.68. The van der Waals surface area contributed by atoms with Gasteiger partial charge in [-0.3, -0.25) is 14.4 Å². The van der Waals surface area contributed by atoms with Crippen molar-refractivity contribution in [2.45, 2.75) is 104 Å². The van der Waals surface area contributed by atoms with Crippen molar-refractivity contribution in [3.63, 3.8) is 0 Å². The summed E-state index contributed by atoms with van der Waals surface area (Å²) >= 11 is 0. The second kappa shape index (κ2) is 20.0. The molecule has 0 aliphatic rings. The van der Waals surface area contributed by atoms with Crippen LogP contribution in [0, 0.1) is 11.8 Å². The number of nitrogens with two attached hydrogens (primary N) is 1. The van der Waals surface area contributed by atoms with Crippen molar-refractivity contribution in [1.82, 2.24) is 20.7 Å². The Bertz CT molecular complexity index is 1290. The molecule has 15 heteroatoms. The summed E-state index contributed by atoms with van der Waals surface area (Å²) in [5.41, 5.74) is 5.86. The fraction of sp³-hybridized carbons (Fsp3) is 0.656. The summed E-state index contributed by atoms with van der Waals surface area (Å²) < 4.78 is 31.7. The van der Waals surface area contributed by atoms with E-state index in [0.717, 1.165) is 6.26 Å². The van der Waals surface area contributed by atoms with Gasteiger partial charge in [-0.15, -0.1) is 0 Å². The lowest BCUT2D eigenvalue weighted by Crippen LogP contribution is -2.47. The van der Waals surface area contributed by atoms with Gasteiger partial charge in [0.15, 0.2) is 11.6 Å². The Labute approximate surface area is 278 Å². The first-order valence-electron chi connectivity index (χ1n) is 15.8. The summed E-state index contributed by atoms with van der Waals surface area (Å²) in [6.45, 7) is 9.06. The third kappa shape index (κ3) is 18.4. The number of carbonyl (C=O) groups excluding carboxylic acids is 5. The first-order valence-corrected chi connectivity index (χ1v) is 17.7. The van der Waals surface area contributed by atoms with Crippen LogP contribution in [0.1, 0.15) is 84.3 Å². The summed E-state index contributed by atoms with van der Waals surface area (Å²) in [5.74, 6) is -2.45. The molecule has 3 atom stereocenters. The minimum atomic E-state index is -3.76. The number of sulfonamides is 1. The monoisotopic (exact) mass is 683 g/mol. The Morgan fingerprint density at radius 2 is 1.45 bits per heavy atom. The number of nitrogens with one attached hydrogen (secondary N) is 4. The van der Waals surface area contributed by atoms with E-state index in [9.17, 15) is 37.5 Å². The van der Waals surface area contributed by atoms with Crippen molar-refractivity contribution in [2.75, 3.05) is 19.3 Å². The quantitative estimate of drug-likeness (QED) is 0.104. The fourth-order valence-corrected chi connectivity index (χ4v) is 5.48. The van der Waals surface area contributed by atoms with Gasteiger partial charge in [-0.05, 0) is 69.9 Å². The molecule has 0 aliphatic carbocycles. The van der Waals surface area contributed by atoms with Gasteiger partial charge >= 0.3 is 12.1 Å². The van der Waals surface area contributed by atoms with Gasteiger partial charge in [-0.1, -0.05) is 38.1 Å². The van der Waals surface area contributed by atoms with Gasteiger partial charge in [-0.25, -0.2) is 22.7 Å². The number of primary amides is 1. The minimum absolute atomic E-state index is 0.00825. The van der Waals surface area contributed by atoms with Crippen molar-refractivity contribution in [3.05, 3.63) is 35.4 Å². The second-order valence-corrected chi connectivity index (χ2v) is 14.8. The number of ketones is 2. The molecule has 1 aromatic carbocycles. The van der Waals surface area contributed by atoms with Gasteiger partial charge in [0, 0.05) is 31.8 Å². The van der Waals surface area contributed by atoms with Crippen LogP contribution in [0.2, 0.25) is 0 Å². The number of unbranched alkanes of at least 4 members (excludes halogenated alkanes) is 1. The van der Waals surface area contributed by atoms with Gasteiger partial charge in [0.05, 0.1) is 24.9 Å². The first kappa shape index (κ1) is 41.5. The van der Waals surface area contributed by atoms with Crippen molar-refractivity contribution < 1.29 is 42.2 Å². The third-order valence-electron chi connectivity index (χ3n) is 7.15. The Morgan fingerprint density at radius 3 is 1.98 bits per heavy atom. The van der Waals surface area contributed by atoms with E-state index < -0.39 is 57.4 Å². The Morgan fingerprint density at radius 1 is 0.872 bits per heavy atom. The molecule has 0 aromatic heterocycles. The van der Waals surface area contributed by atoms with Crippen molar-refractivity contribution >= 4 is 39.6 Å². The molecule has 0 bridgehead atoms. The molecule has 4 amide bonds. The predicted octanol–water partition coefficient (Wildman–Crippen LogP) is 2.07. The summed E-state index contributed by atoms with van der Waals surface area (Å²) in [5, 5.41) is 17.2. The second-order valence-electron chi connectivity index (χ2n) is 13.0. The van der Waals surface area contributed by atoms with E-state index in [1.807, 2.05) is 0 Å². The highest BCUT2D eigenvalue weighted by atomic mass is 32.2. The van der Waals surface area contributed by atoms with Gasteiger partial charge < -0.3 is 31.5 Å². The SMILES string of the molecule is CC(C)[C@H](CC(=O)[C@H](CCCCNC(=O)OC(C)(C)C)NS(C)(=O)=O)C(=O)N[C@@H](CCCNC(N)=O)C(=O)Cc1ccc(CO)cc1. The van der Waals surface area contributed by atoms with E-state index in [-0.39, 0.29) is 57.1 Å². The number of rotatable bonds is 21. The highest BCUT2D eigenvalue weighted by Gasteiger charge is 2.32.